The monoisotopic (exact) mass is 388 g/mol. The van der Waals surface area contributed by atoms with Crippen LogP contribution in [0.4, 0.5) is 14.5 Å². The molecule has 0 saturated carbocycles. The number of hydrogen-bond donors (Lipinski definition) is 1. The standard InChI is InChI=1S/C20H22F2N4O2/c1-13(19-24-16-6-4-5-7-17(16)26(19)20(21)22)25(2)12-18(27)23-14-8-10-15(28-3)11-9-14/h4-11,13,20H,12H2,1-3H3,(H,23,27). The van der Waals surface area contributed by atoms with Crippen molar-refractivity contribution in [3.05, 3.63) is 54.4 Å². The summed E-state index contributed by atoms with van der Waals surface area (Å²) in [5.41, 5.74) is 1.50. The van der Waals surface area contributed by atoms with Gasteiger partial charge in [-0.1, -0.05) is 12.1 Å². The number of carbonyl (C=O) groups is 1. The third kappa shape index (κ3) is 4.12. The normalized spacial score (nSPS) is 12.5. The van der Waals surface area contributed by atoms with Gasteiger partial charge in [-0.2, -0.15) is 8.78 Å². The third-order valence-electron chi connectivity index (χ3n) is 4.62. The summed E-state index contributed by atoms with van der Waals surface area (Å²) in [6.45, 7) is -0.938. The summed E-state index contributed by atoms with van der Waals surface area (Å²) < 4.78 is 33.3. The summed E-state index contributed by atoms with van der Waals surface area (Å²) in [6, 6.07) is 13.2. The van der Waals surface area contributed by atoms with Crippen LogP contribution in [0, 0.1) is 0 Å². The molecule has 0 aliphatic rings. The van der Waals surface area contributed by atoms with Gasteiger partial charge in [-0.15, -0.1) is 0 Å². The number of methoxy groups -OCH3 is 1. The molecular weight excluding hydrogens is 366 g/mol. The SMILES string of the molecule is COc1ccc(NC(=O)CN(C)C(C)c2nc3ccccc3n2C(F)F)cc1. The molecule has 2 aromatic carbocycles. The van der Waals surface area contributed by atoms with Crippen LogP contribution < -0.4 is 10.1 Å². The second-order valence-electron chi connectivity index (χ2n) is 6.47. The van der Waals surface area contributed by atoms with Gasteiger partial charge in [-0.05, 0) is 50.4 Å². The van der Waals surface area contributed by atoms with Crippen LogP contribution in [0.1, 0.15) is 25.3 Å². The van der Waals surface area contributed by atoms with Crippen LogP contribution in [0.3, 0.4) is 0 Å². The number of fused-ring (bicyclic) bond motifs is 1. The maximum Gasteiger partial charge on any atom is 0.320 e. The van der Waals surface area contributed by atoms with Gasteiger partial charge in [0.2, 0.25) is 5.91 Å². The zero-order valence-corrected chi connectivity index (χ0v) is 15.9. The van der Waals surface area contributed by atoms with E-state index in [0.29, 0.717) is 22.5 Å². The number of nitrogens with one attached hydrogen (secondary N) is 1. The molecule has 8 heteroatoms. The van der Waals surface area contributed by atoms with E-state index in [2.05, 4.69) is 10.3 Å². The molecule has 1 atom stereocenters. The number of halogens is 2. The highest BCUT2D eigenvalue weighted by molar-refractivity contribution is 5.92. The molecule has 0 aliphatic carbocycles. The number of likely N-dealkylation sites (N-methyl/N-ethyl adjacent to an activating group) is 1. The first kappa shape index (κ1) is 19.8. The van der Waals surface area contributed by atoms with Crippen molar-refractivity contribution in [3.8, 4) is 5.75 Å². The van der Waals surface area contributed by atoms with E-state index in [1.165, 1.54) is 0 Å². The number of aromatic nitrogens is 2. The number of amides is 1. The van der Waals surface area contributed by atoms with E-state index in [-0.39, 0.29) is 18.3 Å². The van der Waals surface area contributed by atoms with Crippen molar-refractivity contribution in [2.24, 2.45) is 0 Å². The van der Waals surface area contributed by atoms with Gasteiger partial charge in [0.1, 0.15) is 11.6 Å². The van der Waals surface area contributed by atoms with Gasteiger partial charge in [0.15, 0.2) is 0 Å². The predicted molar refractivity (Wildman–Crippen MR) is 104 cm³/mol. The number of nitrogens with zero attached hydrogens (tertiary/aromatic N) is 3. The lowest BCUT2D eigenvalue weighted by Gasteiger charge is -2.24. The first-order valence-corrected chi connectivity index (χ1v) is 8.80. The molecule has 1 N–H and O–H groups in total. The van der Waals surface area contributed by atoms with E-state index in [4.69, 9.17) is 4.74 Å². The fourth-order valence-electron chi connectivity index (χ4n) is 3.00. The van der Waals surface area contributed by atoms with Crippen molar-refractivity contribution in [2.45, 2.75) is 19.5 Å². The summed E-state index contributed by atoms with van der Waals surface area (Å²) in [5, 5.41) is 2.78. The minimum Gasteiger partial charge on any atom is -0.497 e. The topological polar surface area (TPSA) is 59.4 Å². The number of hydrogen-bond acceptors (Lipinski definition) is 4. The highest BCUT2D eigenvalue weighted by Gasteiger charge is 2.25. The largest absolute Gasteiger partial charge is 0.497 e. The van der Waals surface area contributed by atoms with E-state index < -0.39 is 12.6 Å². The number of rotatable bonds is 7. The van der Waals surface area contributed by atoms with Crippen LogP contribution >= 0.6 is 0 Å². The number of ether oxygens (including phenoxy) is 1. The summed E-state index contributed by atoms with van der Waals surface area (Å²) in [4.78, 5) is 18.4. The Morgan fingerprint density at radius 3 is 2.54 bits per heavy atom. The zero-order chi connectivity index (χ0) is 20.3. The molecule has 1 unspecified atom stereocenters. The summed E-state index contributed by atoms with van der Waals surface area (Å²) in [6.07, 6.45) is 0. The van der Waals surface area contributed by atoms with Crippen molar-refractivity contribution in [1.29, 1.82) is 0 Å². The lowest BCUT2D eigenvalue weighted by atomic mass is 10.2. The molecule has 1 aromatic heterocycles. The number of imidazole rings is 1. The average molecular weight is 388 g/mol. The maximum absolute atomic E-state index is 13.6. The van der Waals surface area contributed by atoms with Gasteiger partial charge in [-0.3, -0.25) is 14.3 Å². The maximum atomic E-state index is 13.6. The number of para-hydroxylation sites is 2. The Labute approximate surface area is 161 Å². The van der Waals surface area contributed by atoms with Gasteiger partial charge >= 0.3 is 6.55 Å². The van der Waals surface area contributed by atoms with E-state index in [0.717, 1.165) is 4.57 Å². The molecule has 0 saturated heterocycles. The second-order valence-corrected chi connectivity index (χ2v) is 6.47. The molecule has 0 aliphatic heterocycles. The van der Waals surface area contributed by atoms with E-state index in [1.807, 2.05) is 0 Å². The minimum absolute atomic E-state index is 0.0274. The minimum atomic E-state index is -2.72. The van der Waals surface area contributed by atoms with Crippen LogP contribution in [0.25, 0.3) is 11.0 Å². The van der Waals surface area contributed by atoms with E-state index in [9.17, 15) is 13.6 Å². The summed E-state index contributed by atoms with van der Waals surface area (Å²) in [5.74, 6) is 0.657. The number of alkyl halides is 2. The number of carbonyl (C=O) groups excluding carboxylic acids is 1. The third-order valence-corrected chi connectivity index (χ3v) is 4.62. The van der Waals surface area contributed by atoms with Crippen LogP contribution in [0.2, 0.25) is 0 Å². The molecule has 0 fully saturated rings. The van der Waals surface area contributed by atoms with Crippen LogP contribution in [0.5, 0.6) is 5.75 Å². The smallest absolute Gasteiger partial charge is 0.320 e. The average Bonchev–Trinajstić information content (AvgIpc) is 3.07. The number of benzene rings is 2. The van der Waals surface area contributed by atoms with Crippen molar-refractivity contribution in [1.82, 2.24) is 14.5 Å². The van der Waals surface area contributed by atoms with Crippen LogP contribution in [-0.2, 0) is 4.79 Å². The first-order valence-electron chi connectivity index (χ1n) is 8.80. The quantitative estimate of drug-likeness (QED) is 0.663. The molecule has 1 heterocycles. The molecule has 0 bridgehead atoms. The van der Waals surface area contributed by atoms with Crippen LogP contribution in [-0.4, -0.2) is 41.1 Å². The van der Waals surface area contributed by atoms with Crippen molar-refractivity contribution < 1.29 is 18.3 Å². The molecule has 6 nitrogen and oxygen atoms in total. The Morgan fingerprint density at radius 1 is 1.21 bits per heavy atom. The van der Waals surface area contributed by atoms with Crippen molar-refractivity contribution >= 4 is 22.6 Å². The molecule has 3 rings (SSSR count). The predicted octanol–water partition coefficient (Wildman–Crippen LogP) is 4.07. The Bertz CT molecular complexity index is 956. The Balaban J connectivity index is 1.73. The molecular formula is C20H22F2N4O2. The highest BCUT2D eigenvalue weighted by Crippen LogP contribution is 2.28. The molecule has 28 heavy (non-hydrogen) atoms. The molecule has 0 radical (unpaired) electrons. The van der Waals surface area contributed by atoms with Gasteiger partial charge < -0.3 is 10.1 Å². The van der Waals surface area contributed by atoms with Gasteiger partial charge in [0.25, 0.3) is 0 Å². The summed E-state index contributed by atoms with van der Waals surface area (Å²) >= 11 is 0. The molecule has 148 valence electrons. The van der Waals surface area contributed by atoms with Gasteiger partial charge in [-0.25, -0.2) is 4.98 Å². The lowest BCUT2D eigenvalue weighted by molar-refractivity contribution is -0.117. The van der Waals surface area contributed by atoms with Gasteiger partial charge in [0, 0.05) is 5.69 Å². The molecule has 1 amide bonds. The van der Waals surface area contributed by atoms with Crippen molar-refractivity contribution in [2.75, 3.05) is 26.0 Å². The Morgan fingerprint density at radius 2 is 1.89 bits per heavy atom. The fourth-order valence-corrected chi connectivity index (χ4v) is 3.00. The van der Waals surface area contributed by atoms with Crippen LogP contribution in [0.15, 0.2) is 48.5 Å². The lowest BCUT2D eigenvalue weighted by Crippen LogP contribution is -2.33. The van der Waals surface area contributed by atoms with E-state index >= 15 is 0 Å². The molecule has 3 aromatic rings. The molecule has 0 spiro atoms. The summed E-state index contributed by atoms with van der Waals surface area (Å²) in [7, 11) is 3.27. The Hall–Kier alpha value is -3.00. The highest BCUT2D eigenvalue weighted by atomic mass is 19.3. The fraction of sp³-hybridized carbons (Fsp3) is 0.300. The number of anilines is 1. The van der Waals surface area contributed by atoms with Gasteiger partial charge in [0.05, 0.1) is 30.7 Å². The zero-order valence-electron chi connectivity index (χ0n) is 15.9. The van der Waals surface area contributed by atoms with Crippen molar-refractivity contribution in [3.63, 3.8) is 0 Å². The first-order chi connectivity index (χ1) is 13.4. The second kappa shape index (κ2) is 8.35. The van der Waals surface area contributed by atoms with E-state index in [1.54, 1.807) is 74.5 Å². The Kier molecular flexibility index (Phi) is 5.89.